The van der Waals surface area contributed by atoms with Crippen molar-refractivity contribution in [3.63, 3.8) is 0 Å². The first-order chi connectivity index (χ1) is 14.6. The van der Waals surface area contributed by atoms with Crippen LogP contribution in [-0.2, 0) is 16.0 Å². The summed E-state index contributed by atoms with van der Waals surface area (Å²) < 4.78 is 13.8. The molecule has 0 spiro atoms. The van der Waals surface area contributed by atoms with Crippen LogP contribution in [0.25, 0.3) is 11.2 Å². The summed E-state index contributed by atoms with van der Waals surface area (Å²) in [5, 5.41) is 18.0. The Kier molecular flexibility index (Phi) is 5.08. The lowest BCUT2D eigenvalue weighted by atomic mass is 9.99. The Hall–Kier alpha value is -2.65. The van der Waals surface area contributed by atoms with Crippen molar-refractivity contribution in [1.29, 1.82) is 0 Å². The van der Waals surface area contributed by atoms with Crippen molar-refractivity contribution in [3.8, 4) is 5.88 Å². The van der Waals surface area contributed by atoms with Gasteiger partial charge in [-0.05, 0) is 43.6 Å². The third-order valence-electron chi connectivity index (χ3n) is 6.11. The van der Waals surface area contributed by atoms with Gasteiger partial charge in [-0.3, -0.25) is 14.2 Å². The molecule has 9 heteroatoms. The van der Waals surface area contributed by atoms with Crippen LogP contribution in [0.3, 0.4) is 0 Å². The van der Waals surface area contributed by atoms with E-state index in [1.807, 2.05) is 6.08 Å². The lowest BCUT2D eigenvalue weighted by molar-refractivity contribution is 0.0611. The number of aromatic hydroxyl groups is 1. The fourth-order valence-corrected chi connectivity index (χ4v) is 4.23. The summed E-state index contributed by atoms with van der Waals surface area (Å²) in [5.74, 6) is -0.684. The molecular weight excluding hydrogens is 388 g/mol. The van der Waals surface area contributed by atoms with E-state index in [1.165, 1.54) is 4.52 Å². The predicted molar refractivity (Wildman–Crippen MR) is 109 cm³/mol. The number of ether oxygens (including phenoxy) is 2. The van der Waals surface area contributed by atoms with Gasteiger partial charge in [0.2, 0.25) is 5.88 Å². The summed E-state index contributed by atoms with van der Waals surface area (Å²) in [5.41, 5.74) is 1.65. The van der Waals surface area contributed by atoms with E-state index in [2.05, 4.69) is 10.4 Å². The van der Waals surface area contributed by atoms with Crippen LogP contribution in [0, 0.1) is 5.92 Å². The Morgan fingerprint density at radius 1 is 1.20 bits per heavy atom. The van der Waals surface area contributed by atoms with Crippen molar-refractivity contribution in [1.82, 2.24) is 19.5 Å². The van der Waals surface area contributed by atoms with E-state index >= 15 is 0 Å². The van der Waals surface area contributed by atoms with Gasteiger partial charge in [-0.2, -0.15) is 9.61 Å². The van der Waals surface area contributed by atoms with Gasteiger partial charge in [0.05, 0.1) is 19.4 Å². The van der Waals surface area contributed by atoms with Gasteiger partial charge in [0, 0.05) is 31.4 Å². The van der Waals surface area contributed by atoms with Crippen LogP contribution in [0.15, 0.2) is 17.1 Å². The van der Waals surface area contributed by atoms with Crippen LogP contribution < -0.4 is 10.9 Å². The van der Waals surface area contributed by atoms with Crippen LogP contribution in [0.2, 0.25) is 0 Å². The number of aromatic nitrogens is 3. The van der Waals surface area contributed by atoms with Crippen molar-refractivity contribution in [3.05, 3.63) is 33.8 Å². The molecule has 3 aliphatic rings. The van der Waals surface area contributed by atoms with Gasteiger partial charge in [0.15, 0.2) is 5.56 Å². The minimum atomic E-state index is -0.537. The van der Waals surface area contributed by atoms with E-state index in [9.17, 15) is 14.7 Å². The van der Waals surface area contributed by atoms with E-state index < -0.39 is 17.3 Å². The second-order valence-corrected chi connectivity index (χ2v) is 8.27. The topological polar surface area (TPSA) is 107 Å². The van der Waals surface area contributed by atoms with Gasteiger partial charge in [0.1, 0.15) is 5.65 Å². The van der Waals surface area contributed by atoms with Crippen molar-refractivity contribution < 1.29 is 19.4 Å². The quantitative estimate of drug-likeness (QED) is 0.764. The minimum Gasteiger partial charge on any atom is -0.492 e. The molecule has 9 nitrogen and oxygen atoms in total. The Morgan fingerprint density at radius 2 is 2.00 bits per heavy atom. The number of hydrogen-bond acceptors (Lipinski definition) is 6. The zero-order valence-electron chi connectivity index (χ0n) is 16.8. The second kappa shape index (κ2) is 7.88. The first kappa shape index (κ1) is 19.3. The Labute approximate surface area is 173 Å². The number of carbonyl (C=O) groups is 1. The molecule has 5 rings (SSSR count). The SMILES string of the molecule is O=C(NC1CC1)c1c(O)n2ncc(C3=CCOCC3)c2n(CC2CCOCC2)c1=O. The standard InChI is InChI=1S/C21H26N4O5/c26-18(23-15-1-2-15)17-20(27)24(12-13-3-7-29-8-4-13)19-16(11-22-25(19)21(17)28)14-5-9-30-10-6-14/h5,11,13,15,28H,1-4,6-10,12H2,(H,23,26). The summed E-state index contributed by atoms with van der Waals surface area (Å²) in [6, 6.07) is 0.0801. The molecule has 1 amide bonds. The molecule has 2 aromatic heterocycles. The van der Waals surface area contributed by atoms with Crippen LogP contribution in [0.5, 0.6) is 5.88 Å². The summed E-state index contributed by atoms with van der Waals surface area (Å²) in [4.78, 5) is 26.2. The molecule has 1 aliphatic carbocycles. The number of hydrogen-bond donors (Lipinski definition) is 2. The van der Waals surface area contributed by atoms with Crippen LogP contribution in [0.4, 0.5) is 0 Å². The molecule has 2 aliphatic heterocycles. The molecule has 0 radical (unpaired) electrons. The zero-order valence-corrected chi connectivity index (χ0v) is 16.8. The fourth-order valence-electron chi connectivity index (χ4n) is 4.23. The summed E-state index contributed by atoms with van der Waals surface area (Å²) >= 11 is 0. The monoisotopic (exact) mass is 414 g/mol. The highest BCUT2D eigenvalue weighted by Gasteiger charge is 2.31. The normalized spacial score (nSPS) is 20.3. The van der Waals surface area contributed by atoms with Crippen LogP contribution in [-0.4, -0.2) is 57.7 Å². The molecule has 2 aromatic rings. The maximum absolute atomic E-state index is 13.5. The molecule has 0 atom stereocenters. The van der Waals surface area contributed by atoms with Gasteiger partial charge >= 0.3 is 0 Å². The van der Waals surface area contributed by atoms with Gasteiger partial charge in [-0.15, -0.1) is 0 Å². The average molecular weight is 414 g/mol. The zero-order chi connectivity index (χ0) is 20.7. The summed E-state index contributed by atoms with van der Waals surface area (Å²) in [6.07, 6.45) is 7.84. The number of nitrogens with zero attached hydrogens (tertiary/aromatic N) is 3. The molecule has 0 bridgehead atoms. The van der Waals surface area contributed by atoms with E-state index in [-0.39, 0.29) is 17.5 Å². The first-order valence-electron chi connectivity index (χ1n) is 10.6. The predicted octanol–water partition coefficient (Wildman–Crippen LogP) is 1.32. The number of rotatable bonds is 5. The number of carbonyl (C=O) groups excluding carboxylic acids is 1. The largest absolute Gasteiger partial charge is 0.492 e. The maximum Gasteiger partial charge on any atom is 0.270 e. The molecule has 1 saturated heterocycles. The second-order valence-electron chi connectivity index (χ2n) is 8.27. The van der Waals surface area contributed by atoms with E-state index in [0.29, 0.717) is 45.0 Å². The first-order valence-corrected chi connectivity index (χ1v) is 10.6. The Morgan fingerprint density at radius 3 is 2.70 bits per heavy atom. The Bertz CT molecular complexity index is 1060. The number of fused-ring (bicyclic) bond motifs is 1. The summed E-state index contributed by atoms with van der Waals surface area (Å²) in [6.45, 7) is 2.89. The van der Waals surface area contributed by atoms with Crippen molar-refractivity contribution >= 4 is 17.1 Å². The lowest BCUT2D eigenvalue weighted by Crippen LogP contribution is -2.37. The molecular formula is C21H26N4O5. The van der Waals surface area contributed by atoms with Crippen molar-refractivity contribution in [2.75, 3.05) is 26.4 Å². The molecule has 0 unspecified atom stereocenters. The van der Waals surface area contributed by atoms with Crippen LogP contribution >= 0.6 is 0 Å². The third-order valence-corrected chi connectivity index (χ3v) is 6.11. The molecule has 1 saturated carbocycles. The molecule has 30 heavy (non-hydrogen) atoms. The lowest BCUT2D eigenvalue weighted by Gasteiger charge is -2.24. The highest BCUT2D eigenvalue weighted by atomic mass is 16.5. The highest BCUT2D eigenvalue weighted by Crippen LogP contribution is 2.29. The molecule has 2 fully saturated rings. The molecule has 2 N–H and O–H groups in total. The average Bonchev–Trinajstić information content (AvgIpc) is 3.46. The fraction of sp³-hybridized carbons (Fsp3) is 0.571. The van der Waals surface area contributed by atoms with Gasteiger partial charge in [-0.25, -0.2) is 0 Å². The van der Waals surface area contributed by atoms with E-state index in [4.69, 9.17) is 9.47 Å². The Balaban J connectivity index is 1.66. The molecule has 0 aromatic carbocycles. The van der Waals surface area contributed by atoms with E-state index in [0.717, 1.165) is 36.8 Å². The third kappa shape index (κ3) is 3.52. The summed E-state index contributed by atoms with van der Waals surface area (Å²) in [7, 11) is 0. The van der Waals surface area contributed by atoms with Gasteiger partial charge in [0.25, 0.3) is 11.5 Å². The van der Waals surface area contributed by atoms with E-state index in [1.54, 1.807) is 10.8 Å². The molecule has 4 heterocycles. The minimum absolute atomic E-state index is 0.0801. The molecule has 160 valence electrons. The highest BCUT2D eigenvalue weighted by molar-refractivity contribution is 5.97. The van der Waals surface area contributed by atoms with Gasteiger partial charge in [-0.1, -0.05) is 6.08 Å². The van der Waals surface area contributed by atoms with Crippen molar-refractivity contribution in [2.24, 2.45) is 5.92 Å². The smallest absolute Gasteiger partial charge is 0.270 e. The van der Waals surface area contributed by atoms with Crippen molar-refractivity contribution in [2.45, 2.75) is 44.7 Å². The number of amides is 1. The maximum atomic E-state index is 13.5. The van der Waals surface area contributed by atoms with Gasteiger partial charge < -0.3 is 19.9 Å². The van der Waals surface area contributed by atoms with Crippen LogP contribution in [0.1, 0.15) is 48.0 Å². The number of nitrogens with one attached hydrogen (secondary N) is 1.